The van der Waals surface area contributed by atoms with Crippen molar-refractivity contribution in [3.63, 3.8) is 0 Å². The van der Waals surface area contributed by atoms with E-state index in [2.05, 4.69) is 10.6 Å². The molecule has 4 amide bonds. The number of carbonyl (C=O) groups excluding carboxylic acids is 4. The lowest BCUT2D eigenvalue weighted by Gasteiger charge is -2.12. The van der Waals surface area contributed by atoms with Gasteiger partial charge in [-0.2, -0.15) is 0 Å². The average molecular weight is 305 g/mol. The molecule has 2 rings (SSSR count). The van der Waals surface area contributed by atoms with E-state index >= 15 is 0 Å². The number of esters is 1. The molecule has 1 fully saturated rings. The lowest BCUT2D eigenvalue weighted by molar-refractivity contribution is -0.125. The van der Waals surface area contributed by atoms with Crippen molar-refractivity contribution in [2.75, 3.05) is 20.2 Å². The van der Waals surface area contributed by atoms with Crippen LogP contribution in [0.3, 0.4) is 0 Å². The first kappa shape index (κ1) is 15.5. The molecule has 1 aliphatic heterocycles. The average Bonchev–Trinajstić information content (AvgIpc) is 2.84. The molecule has 8 heteroatoms. The first-order valence-corrected chi connectivity index (χ1v) is 6.56. The van der Waals surface area contributed by atoms with Crippen molar-refractivity contribution in [1.29, 1.82) is 0 Å². The Balaban J connectivity index is 1.95. The summed E-state index contributed by atoms with van der Waals surface area (Å²) in [5.74, 6) is -1.31. The Hall–Kier alpha value is -2.90. The molecule has 22 heavy (non-hydrogen) atoms. The summed E-state index contributed by atoms with van der Waals surface area (Å²) in [7, 11) is 1.45. The van der Waals surface area contributed by atoms with Crippen LogP contribution < -0.4 is 10.6 Å². The molecule has 0 aliphatic carbocycles. The number of benzene rings is 1. The van der Waals surface area contributed by atoms with Crippen LogP contribution >= 0.6 is 0 Å². The molecule has 0 radical (unpaired) electrons. The van der Waals surface area contributed by atoms with E-state index in [1.165, 1.54) is 19.2 Å². The van der Waals surface area contributed by atoms with Crippen LogP contribution in [0.5, 0.6) is 0 Å². The van der Waals surface area contributed by atoms with E-state index in [0.29, 0.717) is 5.56 Å². The Morgan fingerprint density at radius 2 is 1.95 bits per heavy atom. The van der Waals surface area contributed by atoms with E-state index in [1.807, 2.05) is 0 Å². The number of hydrogen-bond acceptors (Lipinski definition) is 5. The van der Waals surface area contributed by atoms with E-state index in [4.69, 9.17) is 4.74 Å². The Kier molecular flexibility index (Phi) is 4.72. The van der Waals surface area contributed by atoms with Crippen molar-refractivity contribution >= 4 is 23.8 Å². The number of urea groups is 1. The topological polar surface area (TPSA) is 105 Å². The molecule has 1 heterocycles. The van der Waals surface area contributed by atoms with Gasteiger partial charge in [-0.3, -0.25) is 14.5 Å². The minimum Gasteiger partial charge on any atom is -0.452 e. The van der Waals surface area contributed by atoms with Gasteiger partial charge in [-0.25, -0.2) is 9.59 Å². The summed E-state index contributed by atoms with van der Waals surface area (Å²) in [5, 5.41) is 4.77. The summed E-state index contributed by atoms with van der Waals surface area (Å²) in [5.41, 5.74) is 0.984. The largest absolute Gasteiger partial charge is 0.452 e. The minimum absolute atomic E-state index is 0.00271. The van der Waals surface area contributed by atoms with Gasteiger partial charge in [-0.05, 0) is 17.7 Å². The van der Waals surface area contributed by atoms with Crippen molar-refractivity contribution in [3.05, 3.63) is 35.4 Å². The maximum absolute atomic E-state index is 11.7. The van der Waals surface area contributed by atoms with Gasteiger partial charge in [0, 0.05) is 7.05 Å². The van der Waals surface area contributed by atoms with E-state index < -0.39 is 17.9 Å². The number of nitrogens with one attached hydrogen (secondary N) is 2. The number of nitrogens with zero attached hydrogens (tertiary/aromatic N) is 1. The van der Waals surface area contributed by atoms with Crippen molar-refractivity contribution in [2.24, 2.45) is 0 Å². The number of carbonyl (C=O) groups is 4. The lowest BCUT2D eigenvalue weighted by atomic mass is 10.1. The smallest absolute Gasteiger partial charge is 0.338 e. The van der Waals surface area contributed by atoms with Crippen LogP contribution in [0.4, 0.5) is 4.79 Å². The van der Waals surface area contributed by atoms with Crippen LogP contribution in [-0.4, -0.2) is 48.9 Å². The van der Waals surface area contributed by atoms with E-state index in [1.54, 1.807) is 12.1 Å². The summed E-state index contributed by atoms with van der Waals surface area (Å²) in [6.45, 7) is -0.208. The minimum atomic E-state index is -0.620. The van der Waals surface area contributed by atoms with Crippen LogP contribution in [0.1, 0.15) is 15.9 Å². The van der Waals surface area contributed by atoms with Crippen LogP contribution in [-0.2, 0) is 20.9 Å². The van der Waals surface area contributed by atoms with Gasteiger partial charge in [0.15, 0.2) is 6.61 Å². The fourth-order valence-corrected chi connectivity index (χ4v) is 1.83. The number of rotatable bonds is 5. The van der Waals surface area contributed by atoms with E-state index in [9.17, 15) is 19.2 Å². The number of amides is 4. The fourth-order valence-electron chi connectivity index (χ4n) is 1.83. The molecule has 116 valence electrons. The van der Waals surface area contributed by atoms with Gasteiger partial charge < -0.3 is 15.4 Å². The zero-order valence-electron chi connectivity index (χ0n) is 11.9. The summed E-state index contributed by atoms with van der Waals surface area (Å²) < 4.78 is 4.81. The van der Waals surface area contributed by atoms with Crippen LogP contribution in [0.25, 0.3) is 0 Å². The highest BCUT2D eigenvalue weighted by molar-refractivity contribution is 6.01. The maximum Gasteiger partial charge on any atom is 0.338 e. The summed E-state index contributed by atoms with van der Waals surface area (Å²) in [6, 6.07) is 5.84. The maximum atomic E-state index is 11.7. The molecule has 0 bridgehead atoms. The molecular formula is C14H15N3O5. The Morgan fingerprint density at radius 3 is 2.50 bits per heavy atom. The van der Waals surface area contributed by atoms with Gasteiger partial charge >= 0.3 is 12.0 Å². The third-order valence-corrected chi connectivity index (χ3v) is 3.08. The molecule has 0 atom stereocenters. The summed E-state index contributed by atoms with van der Waals surface area (Å²) >= 11 is 0. The summed E-state index contributed by atoms with van der Waals surface area (Å²) in [6.07, 6.45) is 0. The van der Waals surface area contributed by atoms with Gasteiger partial charge in [-0.15, -0.1) is 0 Å². The third-order valence-electron chi connectivity index (χ3n) is 3.08. The molecular weight excluding hydrogens is 290 g/mol. The predicted molar refractivity (Wildman–Crippen MR) is 74.7 cm³/mol. The van der Waals surface area contributed by atoms with Crippen molar-refractivity contribution in [2.45, 2.75) is 6.54 Å². The molecule has 1 aromatic carbocycles. The molecule has 1 aromatic rings. The first-order chi connectivity index (χ1) is 10.5. The third kappa shape index (κ3) is 3.60. The molecule has 1 aliphatic rings. The quantitative estimate of drug-likeness (QED) is 0.571. The highest BCUT2D eigenvalue weighted by atomic mass is 16.5. The Bertz CT molecular complexity index is 595. The second kappa shape index (κ2) is 6.70. The number of ether oxygens (including phenoxy) is 1. The standard InChI is InChI=1S/C14H15N3O5/c1-15-11(18)8-22-13(20)10-4-2-9(3-5-10)7-17-12(19)6-16-14(17)21/h2-5H,6-8H2,1H3,(H,15,18)(H,16,21). The Labute approximate surface area is 126 Å². The molecule has 1 saturated heterocycles. The van der Waals surface area contributed by atoms with Crippen LogP contribution in [0, 0.1) is 0 Å². The first-order valence-electron chi connectivity index (χ1n) is 6.56. The van der Waals surface area contributed by atoms with E-state index in [-0.39, 0.29) is 31.2 Å². The van der Waals surface area contributed by atoms with Crippen LogP contribution in [0.15, 0.2) is 24.3 Å². The van der Waals surface area contributed by atoms with Crippen LogP contribution in [0.2, 0.25) is 0 Å². The molecule has 0 spiro atoms. The van der Waals surface area contributed by atoms with Gasteiger partial charge in [0.25, 0.3) is 5.91 Å². The fraction of sp³-hybridized carbons (Fsp3) is 0.286. The van der Waals surface area contributed by atoms with Gasteiger partial charge in [0.2, 0.25) is 5.91 Å². The summed E-state index contributed by atoms with van der Waals surface area (Å²) in [4.78, 5) is 46.7. The zero-order valence-corrected chi connectivity index (χ0v) is 11.9. The molecule has 0 aromatic heterocycles. The van der Waals surface area contributed by atoms with Crippen molar-refractivity contribution < 1.29 is 23.9 Å². The number of hydrogen-bond donors (Lipinski definition) is 2. The van der Waals surface area contributed by atoms with Gasteiger partial charge in [-0.1, -0.05) is 12.1 Å². The second-order valence-electron chi connectivity index (χ2n) is 4.58. The Morgan fingerprint density at radius 1 is 1.27 bits per heavy atom. The monoisotopic (exact) mass is 305 g/mol. The highest BCUT2D eigenvalue weighted by Gasteiger charge is 2.28. The predicted octanol–water partition coefficient (Wildman–Crippen LogP) is -0.359. The second-order valence-corrected chi connectivity index (χ2v) is 4.58. The van der Waals surface area contributed by atoms with Gasteiger partial charge in [0.05, 0.1) is 18.7 Å². The zero-order chi connectivity index (χ0) is 16.1. The molecule has 0 unspecified atom stereocenters. The number of imide groups is 1. The van der Waals surface area contributed by atoms with Crippen molar-refractivity contribution in [3.8, 4) is 0 Å². The lowest BCUT2D eigenvalue weighted by Crippen LogP contribution is -2.30. The SMILES string of the molecule is CNC(=O)COC(=O)c1ccc(CN2C(=O)CNC2=O)cc1. The molecule has 8 nitrogen and oxygen atoms in total. The molecule has 2 N–H and O–H groups in total. The highest BCUT2D eigenvalue weighted by Crippen LogP contribution is 2.11. The van der Waals surface area contributed by atoms with E-state index in [0.717, 1.165) is 4.90 Å². The van der Waals surface area contributed by atoms with Crippen molar-refractivity contribution in [1.82, 2.24) is 15.5 Å². The van der Waals surface area contributed by atoms with Gasteiger partial charge in [0.1, 0.15) is 0 Å². The molecule has 0 saturated carbocycles. The number of likely N-dealkylation sites (N-methyl/N-ethyl adjacent to an activating group) is 1. The normalized spacial score (nSPS) is 13.8.